The predicted molar refractivity (Wildman–Crippen MR) is 165 cm³/mol. The predicted octanol–water partition coefficient (Wildman–Crippen LogP) is 10.9. The zero-order valence-corrected chi connectivity index (χ0v) is 21.3. The van der Waals surface area contributed by atoms with Crippen molar-refractivity contribution < 1.29 is 4.42 Å². The Morgan fingerprint density at radius 3 is 1.46 bits per heavy atom. The van der Waals surface area contributed by atoms with E-state index in [9.17, 15) is 0 Å². The van der Waals surface area contributed by atoms with Gasteiger partial charge >= 0.3 is 0 Å². The number of hydrogen-bond acceptors (Lipinski definition) is 1. The molecule has 0 aliphatic rings. The van der Waals surface area contributed by atoms with Crippen molar-refractivity contribution in [1.82, 2.24) is 0 Å². The van der Waals surface area contributed by atoms with Crippen LogP contribution in [0.5, 0.6) is 0 Å². The summed E-state index contributed by atoms with van der Waals surface area (Å²) in [5.74, 6) is 1.82. The van der Waals surface area contributed by atoms with Crippen LogP contribution < -0.4 is 0 Å². The molecule has 1 aromatic heterocycles. The first-order chi connectivity index (χ1) is 19.4. The first-order valence-electron chi connectivity index (χ1n) is 13.4. The molecule has 0 amide bonds. The largest absolute Gasteiger partial charge is 0.455 e. The highest BCUT2D eigenvalue weighted by Gasteiger charge is 2.20. The van der Waals surface area contributed by atoms with Crippen molar-refractivity contribution in [3.8, 4) is 33.8 Å². The first kappa shape index (κ1) is 21.9. The summed E-state index contributed by atoms with van der Waals surface area (Å²) >= 11 is 0. The molecule has 0 N–H and O–H groups in total. The van der Waals surface area contributed by atoms with Crippen LogP contribution in [0.4, 0.5) is 0 Å². The Morgan fingerprint density at radius 2 is 0.769 bits per heavy atom. The van der Waals surface area contributed by atoms with E-state index in [1.807, 2.05) is 0 Å². The van der Waals surface area contributed by atoms with Gasteiger partial charge in [0.2, 0.25) is 0 Å². The summed E-state index contributed by atoms with van der Waals surface area (Å²) < 4.78 is 6.90. The molecule has 8 aromatic rings. The van der Waals surface area contributed by atoms with Crippen molar-refractivity contribution in [3.05, 3.63) is 146 Å². The molecule has 0 bridgehead atoms. The maximum Gasteiger partial charge on any atom is 0.143 e. The Balaban J connectivity index is 1.44. The van der Waals surface area contributed by atoms with Crippen LogP contribution in [0.15, 0.2) is 150 Å². The van der Waals surface area contributed by atoms with Gasteiger partial charge in [-0.3, -0.25) is 0 Å². The molecule has 0 atom stereocenters. The highest BCUT2D eigenvalue weighted by atomic mass is 16.3. The maximum atomic E-state index is 6.90. The molecule has 182 valence electrons. The molecule has 0 fully saturated rings. The highest BCUT2D eigenvalue weighted by Crippen LogP contribution is 2.45. The van der Waals surface area contributed by atoms with E-state index >= 15 is 0 Å². The summed E-state index contributed by atoms with van der Waals surface area (Å²) in [7, 11) is 0. The van der Waals surface area contributed by atoms with Gasteiger partial charge in [0.25, 0.3) is 0 Å². The monoisotopic (exact) mass is 496 g/mol. The van der Waals surface area contributed by atoms with Crippen LogP contribution >= 0.6 is 0 Å². The topological polar surface area (TPSA) is 13.1 Å². The van der Waals surface area contributed by atoms with Gasteiger partial charge in [-0.05, 0) is 44.1 Å². The van der Waals surface area contributed by atoms with Gasteiger partial charge in [-0.15, -0.1) is 0 Å². The van der Waals surface area contributed by atoms with Gasteiger partial charge in [-0.25, -0.2) is 0 Å². The van der Waals surface area contributed by atoms with E-state index in [1.54, 1.807) is 0 Å². The van der Waals surface area contributed by atoms with Gasteiger partial charge < -0.3 is 4.42 Å². The third-order valence-corrected chi connectivity index (χ3v) is 7.87. The van der Waals surface area contributed by atoms with Crippen molar-refractivity contribution >= 4 is 43.1 Å². The average molecular weight is 497 g/mol. The second-order valence-electron chi connectivity index (χ2n) is 10.1. The van der Waals surface area contributed by atoms with E-state index in [-0.39, 0.29) is 0 Å². The van der Waals surface area contributed by atoms with Crippen LogP contribution in [0.1, 0.15) is 0 Å². The second kappa shape index (κ2) is 8.72. The van der Waals surface area contributed by atoms with Gasteiger partial charge in [-0.2, -0.15) is 0 Å². The number of benzene rings is 7. The molecule has 0 unspecified atom stereocenters. The van der Waals surface area contributed by atoms with Gasteiger partial charge in [0.1, 0.15) is 11.5 Å². The van der Waals surface area contributed by atoms with Gasteiger partial charge in [-0.1, -0.05) is 140 Å². The first-order valence-corrected chi connectivity index (χ1v) is 13.4. The molecule has 0 radical (unpaired) electrons. The number of hydrogen-bond donors (Lipinski definition) is 0. The average Bonchev–Trinajstić information content (AvgIpc) is 3.41. The molecular formula is C38H24O. The van der Waals surface area contributed by atoms with Crippen LogP contribution in [0.3, 0.4) is 0 Å². The summed E-state index contributed by atoms with van der Waals surface area (Å²) in [5, 5.41) is 9.78. The van der Waals surface area contributed by atoms with Gasteiger partial charge in [0.05, 0.1) is 0 Å². The quantitative estimate of drug-likeness (QED) is 0.222. The van der Waals surface area contributed by atoms with Crippen LogP contribution in [0.25, 0.3) is 76.9 Å². The second-order valence-corrected chi connectivity index (χ2v) is 10.1. The smallest absolute Gasteiger partial charge is 0.143 e. The Labute approximate surface area is 226 Å². The minimum atomic E-state index is 0.903. The molecule has 0 spiro atoms. The van der Waals surface area contributed by atoms with Crippen LogP contribution in [-0.2, 0) is 0 Å². The lowest BCUT2D eigenvalue weighted by atomic mass is 9.90. The molecule has 1 heterocycles. The molecule has 0 saturated carbocycles. The standard InChI is InChI=1S/C38H24O/c1-2-12-25(13-3-1)26-14-10-15-27(24-26)37-33-20-8-9-21-34(33)38(39-37)35-23-11-22-32-30-17-5-4-16-28(30)29-18-6-7-19-31(29)36(32)35/h1-24H. The Hall–Kier alpha value is -5.14. The summed E-state index contributed by atoms with van der Waals surface area (Å²) in [5.41, 5.74) is 4.58. The molecule has 39 heavy (non-hydrogen) atoms. The minimum Gasteiger partial charge on any atom is -0.455 e. The van der Waals surface area contributed by atoms with E-state index in [1.165, 1.54) is 43.4 Å². The normalized spacial score (nSPS) is 11.6. The van der Waals surface area contributed by atoms with Crippen molar-refractivity contribution in [2.24, 2.45) is 0 Å². The molecule has 7 aromatic carbocycles. The van der Waals surface area contributed by atoms with Crippen molar-refractivity contribution in [3.63, 3.8) is 0 Å². The molecule has 8 rings (SSSR count). The lowest BCUT2D eigenvalue weighted by molar-refractivity contribution is 0.602. The fraction of sp³-hybridized carbons (Fsp3) is 0. The minimum absolute atomic E-state index is 0.903. The third kappa shape index (κ3) is 3.41. The number of rotatable bonds is 3. The molecule has 0 aliphatic carbocycles. The Kier molecular flexibility index (Phi) is 4.89. The van der Waals surface area contributed by atoms with Gasteiger partial charge in [0, 0.05) is 27.3 Å². The fourth-order valence-corrected chi connectivity index (χ4v) is 6.12. The SMILES string of the molecule is c1ccc(-c2cccc(-c3oc(-c4cccc5c6ccccc6c6ccccc6c45)c4ccccc34)c2)cc1. The molecule has 1 heteroatoms. The number of fused-ring (bicyclic) bond motifs is 7. The Morgan fingerprint density at radius 1 is 0.308 bits per heavy atom. The maximum absolute atomic E-state index is 6.90. The lowest BCUT2D eigenvalue weighted by Gasteiger charge is -2.13. The molecular weight excluding hydrogens is 472 g/mol. The summed E-state index contributed by atoms with van der Waals surface area (Å²) in [6, 6.07) is 51.8. The zero-order valence-electron chi connectivity index (χ0n) is 21.3. The molecule has 0 saturated heterocycles. The fourth-order valence-electron chi connectivity index (χ4n) is 6.12. The van der Waals surface area contributed by atoms with Crippen LogP contribution in [0, 0.1) is 0 Å². The summed E-state index contributed by atoms with van der Waals surface area (Å²) in [4.78, 5) is 0. The lowest BCUT2D eigenvalue weighted by Crippen LogP contribution is -1.86. The molecule has 0 aliphatic heterocycles. The Bertz CT molecular complexity index is 2120. The van der Waals surface area contributed by atoms with Crippen molar-refractivity contribution in [2.75, 3.05) is 0 Å². The van der Waals surface area contributed by atoms with E-state index in [0.717, 1.165) is 33.4 Å². The van der Waals surface area contributed by atoms with E-state index in [0.29, 0.717) is 0 Å². The van der Waals surface area contributed by atoms with Crippen LogP contribution in [-0.4, -0.2) is 0 Å². The van der Waals surface area contributed by atoms with E-state index < -0.39 is 0 Å². The van der Waals surface area contributed by atoms with Crippen LogP contribution in [0.2, 0.25) is 0 Å². The zero-order chi connectivity index (χ0) is 25.8. The van der Waals surface area contributed by atoms with E-state index in [4.69, 9.17) is 4.42 Å². The van der Waals surface area contributed by atoms with Gasteiger partial charge in [0.15, 0.2) is 0 Å². The van der Waals surface area contributed by atoms with Crippen molar-refractivity contribution in [1.29, 1.82) is 0 Å². The van der Waals surface area contributed by atoms with E-state index in [2.05, 4.69) is 146 Å². The number of furan rings is 1. The molecule has 1 nitrogen and oxygen atoms in total. The summed E-state index contributed by atoms with van der Waals surface area (Å²) in [6.07, 6.45) is 0. The summed E-state index contributed by atoms with van der Waals surface area (Å²) in [6.45, 7) is 0. The highest BCUT2D eigenvalue weighted by molar-refractivity contribution is 6.29. The van der Waals surface area contributed by atoms with Crippen molar-refractivity contribution in [2.45, 2.75) is 0 Å². The third-order valence-electron chi connectivity index (χ3n) is 7.87.